The number of hydrogen-bond donors (Lipinski definition) is 0. The van der Waals surface area contributed by atoms with Crippen molar-refractivity contribution in [3.8, 4) is 5.75 Å². The number of ether oxygens (including phenoxy) is 1. The molecule has 0 fully saturated rings. The van der Waals surface area contributed by atoms with Crippen molar-refractivity contribution in [2.75, 3.05) is 19.1 Å². The lowest BCUT2D eigenvalue weighted by Gasteiger charge is -2.20. The van der Waals surface area contributed by atoms with Crippen molar-refractivity contribution in [3.05, 3.63) is 41.3 Å². The smallest absolute Gasteiger partial charge is 0.156 e. The molecule has 0 spiro atoms. The van der Waals surface area contributed by atoms with Gasteiger partial charge < -0.3 is 9.64 Å². The van der Waals surface area contributed by atoms with Gasteiger partial charge in [-0.1, -0.05) is 17.7 Å². The van der Waals surface area contributed by atoms with Crippen LogP contribution in [0.4, 0.5) is 11.5 Å². The molecular formula is C13H12ClN3O2. The number of aldehydes is 1. The Kier molecular flexibility index (Phi) is 3.97. The maximum atomic E-state index is 11.1. The minimum absolute atomic E-state index is 0.134. The van der Waals surface area contributed by atoms with Gasteiger partial charge in [-0.2, -0.15) is 0 Å². The number of nitrogens with zero attached hydrogens (tertiary/aromatic N) is 3. The van der Waals surface area contributed by atoms with Crippen LogP contribution in [0.3, 0.4) is 0 Å². The topological polar surface area (TPSA) is 55.3 Å². The molecule has 0 unspecified atom stereocenters. The van der Waals surface area contributed by atoms with Gasteiger partial charge in [-0.15, -0.1) is 0 Å². The minimum Gasteiger partial charge on any atom is -0.497 e. The molecule has 1 heterocycles. The van der Waals surface area contributed by atoms with Gasteiger partial charge >= 0.3 is 0 Å². The zero-order chi connectivity index (χ0) is 13.8. The van der Waals surface area contributed by atoms with Crippen molar-refractivity contribution < 1.29 is 9.53 Å². The van der Waals surface area contributed by atoms with Gasteiger partial charge in [0.2, 0.25) is 0 Å². The summed E-state index contributed by atoms with van der Waals surface area (Å²) in [4.78, 5) is 20.7. The van der Waals surface area contributed by atoms with Crippen molar-refractivity contribution in [2.45, 2.75) is 0 Å². The van der Waals surface area contributed by atoms with Crippen LogP contribution in [0.5, 0.6) is 5.75 Å². The number of benzene rings is 1. The van der Waals surface area contributed by atoms with Crippen LogP contribution < -0.4 is 9.64 Å². The number of aromatic nitrogens is 2. The fraction of sp³-hybridized carbons (Fsp3) is 0.154. The normalized spacial score (nSPS) is 10.1. The number of halogens is 1. The molecule has 19 heavy (non-hydrogen) atoms. The molecule has 0 aliphatic carbocycles. The van der Waals surface area contributed by atoms with E-state index in [1.54, 1.807) is 19.1 Å². The van der Waals surface area contributed by atoms with E-state index in [1.807, 2.05) is 24.3 Å². The molecule has 5 nitrogen and oxygen atoms in total. The first-order valence-corrected chi connectivity index (χ1v) is 5.88. The lowest BCUT2D eigenvalue weighted by atomic mass is 10.2. The Morgan fingerprint density at radius 1 is 1.37 bits per heavy atom. The summed E-state index contributed by atoms with van der Waals surface area (Å²) in [5, 5.41) is 0.134. The molecule has 2 rings (SSSR count). The van der Waals surface area contributed by atoms with Crippen LogP contribution in [0, 0.1) is 0 Å². The highest BCUT2D eigenvalue weighted by Gasteiger charge is 2.14. The Bertz CT molecular complexity index is 604. The van der Waals surface area contributed by atoms with E-state index in [0.29, 0.717) is 12.1 Å². The molecule has 0 saturated heterocycles. The fourth-order valence-electron chi connectivity index (χ4n) is 1.68. The van der Waals surface area contributed by atoms with Crippen molar-refractivity contribution in [1.82, 2.24) is 9.97 Å². The third-order valence-electron chi connectivity index (χ3n) is 2.69. The lowest BCUT2D eigenvalue weighted by Crippen LogP contribution is -2.14. The number of methoxy groups -OCH3 is 1. The minimum atomic E-state index is 0.134. The highest BCUT2D eigenvalue weighted by atomic mass is 35.5. The van der Waals surface area contributed by atoms with E-state index in [1.165, 1.54) is 6.33 Å². The Morgan fingerprint density at radius 3 is 2.84 bits per heavy atom. The zero-order valence-corrected chi connectivity index (χ0v) is 11.3. The predicted molar refractivity (Wildman–Crippen MR) is 73.5 cm³/mol. The van der Waals surface area contributed by atoms with E-state index in [9.17, 15) is 4.79 Å². The largest absolute Gasteiger partial charge is 0.497 e. The van der Waals surface area contributed by atoms with Crippen molar-refractivity contribution >= 4 is 29.4 Å². The maximum absolute atomic E-state index is 11.1. The van der Waals surface area contributed by atoms with Gasteiger partial charge in [-0.25, -0.2) is 9.97 Å². The second kappa shape index (κ2) is 5.67. The van der Waals surface area contributed by atoms with Crippen LogP contribution in [-0.2, 0) is 0 Å². The first-order chi connectivity index (χ1) is 9.17. The van der Waals surface area contributed by atoms with Gasteiger partial charge in [-0.3, -0.25) is 4.79 Å². The SMILES string of the molecule is COc1cccc(N(C)c2ncnc(Cl)c2C=O)c1. The number of carbonyl (C=O) groups excluding carboxylic acids is 1. The van der Waals surface area contributed by atoms with E-state index in [4.69, 9.17) is 16.3 Å². The third-order valence-corrected chi connectivity index (χ3v) is 2.99. The number of anilines is 2. The Morgan fingerprint density at radius 2 is 2.16 bits per heavy atom. The van der Waals surface area contributed by atoms with Crippen LogP contribution in [0.1, 0.15) is 10.4 Å². The van der Waals surface area contributed by atoms with Crippen molar-refractivity contribution in [2.24, 2.45) is 0 Å². The first kappa shape index (κ1) is 13.3. The molecule has 1 aromatic heterocycles. The molecule has 1 aromatic carbocycles. The molecule has 0 bridgehead atoms. The summed E-state index contributed by atoms with van der Waals surface area (Å²) in [6.07, 6.45) is 1.97. The third kappa shape index (κ3) is 2.66. The van der Waals surface area contributed by atoms with Crippen LogP contribution in [0.2, 0.25) is 5.15 Å². The van der Waals surface area contributed by atoms with E-state index >= 15 is 0 Å². The predicted octanol–water partition coefficient (Wildman–Crippen LogP) is 2.72. The van der Waals surface area contributed by atoms with Crippen LogP contribution in [0.25, 0.3) is 0 Å². The zero-order valence-electron chi connectivity index (χ0n) is 10.5. The Balaban J connectivity index is 2.46. The van der Waals surface area contributed by atoms with Crippen molar-refractivity contribution in [1.29, 1.82) is 0 Å². The van der Waals surface area contributed by atoms with Crippen LogP contribution in [0.15, 0.2) is 30.6 Å². The summed E-state index contributed by atoms with van der Waals surface area (Å²) in [7, 11) is 3.39. The summed E-state index contributed by atoms with van der Waals surface area (Å²) < 4.78 is 5.17. The quantitative estimate of drug-likeness (QED) is 0.635. The fourth-order valence-corrected chi connectivity index (χ4v) is 1.85. The van der Waals surface area contributed by atoms with Gasteiger partial charge in [0.1, 0.15) is 23.0 Å². The molecule has 0 atom stereocenters. The lowest BCUT2D eigenvalue weighted by molar-refractivity contribution is 0.112. The molecular weight excluding hydrogens is 266 g/mol. The first-order valence-electron chi connectivity index (χ1n) is 5.51. The van der Waals surface area contributed by atoms with Gasteiger partial charge in [0.25, 0.3) is 0 Å². The van der Waals surface area contributed by atoms with Gasteiger partial charge in [0.15, 0.2) is 6.29 Å². The average molecular weight is 278 g/mol. The molecule has 98 valence electrons. The Labute approximate surface area is 115 Å². The number of rotatable bonds is 4. The molecule has 6 heteroatoms. The van der Waals surface area contributed by atoms with E-state index in [2.05, 4.69) is 9.97 Å². The van der Waals surface area contributed by atoms with Crippen LogP contribution in [-0.4, -0.2) is 30.4 Å². The Hall–Kier alpha value is -2.14. The van der Waals surface area contributed by atoms with E-state index in [0.717, 1.165) is 11.4 Å². The summed E-state index contributed by atoms with van der Waals surface area (Å²) >= 11 is 5.89. The standard InChI is InChI=1S/C13H12ClN3O2/c1-17(9-4-3-5-10(6-9)19-2)13-11(7-18)12(14)15-8-16-13/h3-8H,1-2H3. The molecule has 0 radical (unpaired) electrons. The molecule has 0 aliphatic heterocycles. The summed E-state index contributed by atoms with van der Waals surface area (Å²) in [6.45, 7) is 0. The summed E-state index contributed by atoms with van der Waals surface area (Å²) in [5.74, 6) is 1.17. The highest BCUT2D eigenvalue weighted by molar-refractivity contribution is 6.32. The van der Waals surface area contributed by atoms with Gasteiger partial charge in [0.05, 0.1) is 12.7 Å². The van der Waals surface area contributed by atoms with E-state index < -0.39 is 0 Å². The average Bonchev–Trinajstić information content (AvgIpc) is 2.46. The molecule has 0 saturated carbocycles. The summed E-state index contributed by atoms with van der Waals surface area (Å²) in [5.41, 5.74) is 1.09. The van der Waals surface area contributed by atoms with Crippen molar-refractivity contribution in [3.63, 3.8) is 0 Å². The molecule has 0 aliphatic rings. The monoisotopic (exact) mass is 277 g/mol. The summed E-state index contributed by atoms with van der Waals surface area (Å²) in [6, 6.07) is 7.41. The second-order valence-corrected chi connectivity index (χ2v) is 4.14. The molecule has 0 N–H and O–H groups in total. The number of hydrogen-bond acceptors (Lipinski definition) is 5. The van der Waals surface area contributed by atoms with Crippen LogP contribution >= 0.6 is 11.6 Å². The van der Waals surface area contributed by atoms with Gasteiger partial charge in [0, 0.05) is 18.8 Å². The van der Waals surface area contributed by atoms with E-state index in [-0.39, 0.29) is 10.7 Å². The van der Waals surface area contributed by atoms with Gasteiger partial charge in [-0.05, 0) is 12.1 Å². The molecule has 2 aromatic rings. The maximum Gasteiger partial charge on any atom is 0.156 e. The number of carbonyl (C=O) groups is 1. The second-order valence-electron chi connectivity index (χ2n) is 3.78. The highest BCUT2D eigenvalue weighted by Crippen LogP contribution is 2.28. The molecule has 0 amide bonds.